The highest BCUT2D eigenvalue weighted by Gasteiger charge is 2.32. The van der Waals surface area contributed by atoms with Crippen LogP contribution in [0.1, 0.15) is 68.7 Å². The molecule has 0 bridgehead atoms. The first-order valence-electron chi connectivity index (χ1n) is 9.99. The molecule has 1 fully saturated rings. The highest BCUT2D eigenvalue weighted by molar-refractivity contribution is 7.85. The summed E-state index contributed by atoms with van der Waals surface area (Å²) in [6.07, 6.45) is 1.11. The van der Waals surface area contributed by atoms with Crippen LogP contribution in [-0.4, -0.2) is 54.4 Å². The molecule has 0 amide bonds. The summed E-state index contributed by atoms with van der Waals surface area (Å²) in [5.74, 6) is -3.54. The van der Waals surface area contributed by atoms with E-state index in [1.165, 1.54) is 0 Å². The zero-order valence-electron chi connectivity index (χ0n) is 18.1. The molecular formula is C21H28O9S. The average molecular weight is 457 g/mol. The molecule has 172 valence electrons. The van der Waals surface area contributed by atoms with Gasteiger partial charge in [-0.1, -0.05) is 0 Å². The van der Waals surface area contributed by atoms with Crippen molar-refractivity contribution in [3.05, 3.63) is 33.4 Å². The minimum Gasteiger partial charge on any atom is -0.478 e. The predicted molar refractivity (Wildman–Crippen MR) is 111 cm³/mol. The number of benzene rings is 1. The summed E-state index contributed by atoms with van der Waals surface area (Å²) in [6.45, 7) is 6.59. The first-order valence-corrected chi connectivity index (χ1v) is 11.6. The van der Waals surface area contributed by atoms with Crippen molar-refractivity contribution in [2.24, 2.45) is 5.92 Å². The lowest BCUT2D eigenvalue weighted by Gasteiger charge is -2.28. The van der Waals surface area contributed by atoms with E-state index in [0.29, 0.717) is 36.8 Å². The Morgan fingerprint density at radius 3 is 1.90 bits per heavy atom. The largest absolute Gasteiger partial charge is 0.478 e. The Kier molecular flexibility index (Phi) is 7.82. The van der Waals surface area contributed by atoms with E-state index in [0.717, 1.165) is 11.1 Å². The van der Waals surface area contributed by atoms with Crippen LogP contribution in [0, 0.1) is 33.6 Å². The van der Waals surface area contributed by atoms with Crippen molar-refractivity contribution in [2.75, 3.05) is 12.4 Å². The predicted octanol–water partition coefficient (Wildman–Crippen LogP) is 2.77. The number of carbonyl (C=O) groups excluding carboxylic acids is 2. The van der Waals surface area contributed by atoms with E-state index < -0.39 is 52.4 Å². The summed E-state index contributed by atoms with van der Waals surface area (Å²) in [6, 6.07) is 0. The lowest BCUT2D eigenvalue weighted by molar-refractivity contribution is -0.149. The first kappa shape index (κ1) is 24.8. The van der Waals surface area contributed by atoms with Gasteiger partial charge in [0.05, 0.1) is 17.0 Å². The van der Waals surface area contributed by atoms with Crippen LogP contribution in [0.3, 0.4) is 0 Å². The van der Waals surface area contributed by atoms with Crippen molar-refractivity contribution in [2.45, 2.75) is 59.5 Å². The molecule has 1 aromatic carbocycles. The van der Waals surface area contributed by atoms with Crippen molar-refractivity contribution in [3.63, 3.8) is 0 Å². The normalized spacial score (nSPS) is 19.0. The van der Waals surface area contributed by atoms with E-state index in [-0.39, 0.29) is 11.1 Å². The molecule has 1 aromatic rings. The molecule has 0 aliphatic heterocycles. The maximum absolute atomic E-state index is 12.9. The molecule has 0 atom stereocenters. The zero-order chi connectivity index (χ0) is 23.5. The molecule has 1 aliphatic carbocycles. The van der Waals surface area contributed by atoms with Crippen molar-refractivity contribution in [1.82, 2.24) is 0 Å². The van der Waals surface area contributed by atoms with Crippen molar-refractivity contribution < 1.29 is 41.9 Å². The second kappa shape index (κ2) is 9.78. The van der Waals surface area contributed by atoms with Crippen molar-refractivity contribution in [3.8, 4) is 0 Å². The number of ether oxygens (including phenoxy) is 2. The summed E-state index contributed by atoms with van der Waals surface area (Å²) in [4.78, 5) is 36.7. The van der Waals surface area contributed by atoms with Gasteiger partial charge < -0.3 is 14.6 Å². The van der Waals surface area contributed by atoms with E-state index in [1.54, 1.807) is 13.8 Å². The minimum atomic E-state index is -4.20. The smallest absolute Gasteiger partial charge is 0.339 e. The molecule has 9 nitrogen and oxygen atoms in total. The molecule has 10 heteroatoms. The Morgan fingerprint density at radius 1 is 0.903 bits per heavy atom. The zero-order valence-corrected chi connectivity index (χ0v) is 18.9. The van der Waals surface area contributed by atoms with E-state index in [1.807, 2.05) is 13.8 Å². The fourth-order valence-corrected chi connectivity index (χ4v) is 4.12. The number of carbonyl (C=O) groups is 3. The summed E-state index contributed by atoms with van der Waals surface area (Å²) in [7, 11) is -4.20. The molecule has 2 N–H and O–H groups in total. The van der Waals surface area contributed by atoms with Crippen LogP contribution in [0.2, 0.25) is 0 Å². The van der Waals surface area contributed by atoms with Gasteiger partial charge in [0.15, 0.2) is 0 Å². The van der Waals surface area contributed by atoms with E-state index in [9.17, 15) is 27.9 Å². The SMILES string of the molecule is Cc1c(C)c(C)c(C(=O)OC2CCC(C(=O)OCCS(=O)(=O)O)CC2)c(C(=O)O)c1C. The van der Waals surface area contributed by atoms with Crippen molar-refractivity contribution in [1.29, 1.82) is 0 Å². The second-order valence-electron chi connectivity index (χ2n) is 7.89. The third-order valence-electron chi connectivity index (χ3n) is 5.97. The Hall–Kier alpha value is -2.46. The second-order valence-corrected chi connectivity index (χ2v) is 9.46. The molecular weight excluding hydrogens is 428 g/mol. The van der Waals surface area contributed by atoms with Gasteiger partial charge in [-0.05, 0) is 75.6 Å². The van der Waals surface area contributed by atoms with Gasteiger partial charge in [-0.25, -0.2) is 9.59 Å². The molecule has 0 heterocycles. The molecule has 1 aliphatic rings. The van der Waals surface area contributed by atoms with Crippen LogP contribution in [0.4, 0.5) is 0 Å². The Balaban J connectivity index is 2.03. The van der Waals surface area contributed by atoms with E-state index in [4.69, 9.17) is 14.0 Å². The van der Waals surface area contributed by atoms with E-state index >= 15 is 0 Å². The van der Waals surface area contributed by atoms with Crippen LogP contribution in [0.15, 0.2) is 0 Å². The fraction of sp³-hybridized carbons (Fsp3) is 0.571. The molecule has 0 spiro atoms. The quantitative estimate of drug-likeness (QED) is 0.467. The molecule has 0 radical (unpaired) electrons. The highest BCUT2D eigenvalue weighted by atomic mass is 32.2. The Labute approximate surface area is 181 Å². The average Bonchev–Trinajstić information content (AvgIpc) is 2.68. The third-order valence-corrected chi connectivity index (χ3v) is 6.65. The standard InChI is InChI=1S/C21H28O9S/c1-11-12(2)14(4)18(17(13(11)3)19(22)23)21(25)30-16-7-5-15(6-8-16)20(24)29-9-10-31(26,27)28/h15-16H,5-10H2,1-4H3,(H,22,23)(H,26,27,28). The highest BCUT2D eigenvalue weighted by Crippen LogP contribution is 2.31. The van der Waals surface area contributed by atoms with Gasteiger partial charge in [0.25, 0.3) is 10.1 Å². The summed E-state index contributed by atoms with van der Waals surface area (Å²) in [5, 5.41) is 9.65. The number of hydrogen-bond acceptors (Lipinski definition) is 7. The van der Waals surface area contributed by atoms with Crippen LogP contribution < -0.4 is 0 Å². The lowest BCUT2D eigenvalue weighted by atomic mass is 9.87. The minimum absolute atomic E-state index is 0.0540. The molecule has 2 rings (SSSR count). The summed E-state index contributed by atoms with van der Waals surface area (Å²) < 4.78 is 40.5. The van der Waals surface area contributed by atoms with Gasteiger partial charge in [0, 0.05) is 0 Å². The van der Waals surface area contributed by atoms with Crippen molar-refractivity contribution >= 4 is 28.0 Å². The fourth-order valence-electron chi connectivity index (χ4n) is 3.83. The number of carboxylic acid groups (broad SMARTS) is 1. The number of carboxylic acids is 1. The number of aromatic carboxylic acids is 1. The van der Waals surface area contributed by atoms with Gasteiger partial charge in [-0.15, -0.1) is 0 Å². The third kappa shape index (κ3) is 6.04. The van der Waals surface area contributed by atoms with Crippen LogP contribution in [0.5, 0.6) is 0 Å². The topological polar surface area (TPSA) is 144 Å². The van der Waals surface area contributed by atoms with Gasteiger partial charge in [-0.3, -0.25) is 9.35 Å². The van der Waals surface area contributed by atoms with Gasteiger partial charge in [0.1, 0.15) is 18.5 Å². The number of rotatable bonds is 7. The lowest BCUT2D eigenvalue weighted by Crippen LogP contribution is -2.30. The maximum Gasteiger partial charge on any atom is 0.339 e. The Morgan fingerprint density at radius 2 is 1.42 bits per heavy atom. The van der Waals surface area contributed by atoms with Gasteiger partial charge >= 0.3 is 17.9 Å². The van der Waals surface area contributed by atoms with Gasteiger partial charge in [-0.2, -0.15) is 8.42 Å². The summed E-state index contributed by atoms with van der Waals surface area (Å²) in [5.41, 5.74) is 2.76. The number of hydrogen-bond donors (Lipinski definition) is 2. The molecule has 0 saturated heterocycles. The molecule has 0 unspecified atom stereocenters. The summed E-state index contributed by atoms with van der Waals surface area (Å²) >= 11 is 0. The monoisotopic (exact) mass is 456 g/mol. The number of esters is 2. The van der Waals surface area contributed by atoms with Crippen LogP contribution in [-0.2, 0) is 24.4 Å². The Bertz CT molecular complexity index is 987. The van der Waals surface area contributed by atoms with Gasteiger partial charge in [0.2, 0.25) is 0 Å². The maximum atomic E-state index is 12.9. The molecule has 31 heavy (non-hydrogen) atoms. The first-order chi connectivity index (χ1) is 14.3. The van der Waals surface area contributed by atoms with Crippen LogP contribution in [0.25, 0.3) is 0 Å². The molecule has 0 aromatic heterocycles. The van der Waals surface area contributed by atoms with E-state index in [2.05, 4.69) is 0 Å². The van der Waals surface area contributed by atoms with Crippen LogP contribution >= 0.6 is 0 Å². The molecule has 1 saturated carbocycles.